The Bertz CT molecular complexity index is 1800. The van der Waals surface area contributed by atoms with Gasteiger partial charge in [-0.15, -0.1) is 0 Å². The molecule has 2 aromatic heterocycles. The predicted molar refractivity (Wildman–Crippen MR) is 208 cm³/mol. The number of carbonyl (C=O) groups excluding carboxylic acids is 2. The summed E-state index contributed by atoms with van der Waals surface area (Å²) < 4.78 is 34.3. The van der Waals surface area contributed by atoms with Crippen LogP contribution in [0.15, 0.2) is 113 Å². The number of carbonyl (C=O) groups is 2. The van der Waals surface area contributed by atoms with Gasteiger partial charge in [-0.05, 0) is 13.8 Å². The molecule has 4 heterocycles. The molecule has 55 heavy (non-hydrogen) atoms. The molecule has 1 saturated heterocycles. The van der Waals surface area contributed by atoms with E-state index in [1.165, 1.54) is 12.5 Å². The summed E-state index contributed by atoms with van der Waals surface area (Å²) in [6.07, 6.45) is 28.0. The Balaban J connectivity index is 1.58. The molecule has 2 aliphatic heterocycles. The van der Waals surface area contributed by atoms with E-state index in [9.17, 15) is 19.8 Å². The molecular formula is C43H54N2O10. The van der Waals surface area contributed by atoms with E-state index >= 15 is 0 Å². The first kappa shape index (κ1) is 42.9. The van der Waals surface area contributed by atoms with Crippen LogP contribution in [0, 0.1) is 10.8 Å². The molecule has 12 heteroatoms. The number of ether oxygens (including phenoxy) is 4. The monoisotopic (exact) mass is 758 g/mol. The van der Waals surface area contributed by atoms with Gasteiger partial charge in [-0.3, -0.25) is 0 Å². The van der Waals surface area contributed by atoms with E-state index in [4.69, 9.17) is 27.8 Å². The second-order valence-electron chi connectivity index (χ2n) is 14.5. The molecule has 2 aromatic rings. The number of allylic oxidation sites excluding steroid dienone is 8. The van der Waals surface area contributed by atoms with Gasteiger partial charge in [0.05, 0.1) is 24.7 Å². The zero-order valence-electron chi connectivity index (χ0n) is 32.6. The third-order valence-corrected chi connectivity index (χ3v) is 9.64. The molecule has 0 amide bonds. The highest BCUT2D eigenvalue weighted by molar-refractivity contribution is 5.87. The van der Waals surface area contributed by atoms with Crippen LogP contribution in [-0.4, -0.2) is 82.0 Å². The van der Waals surface area contributed by atoms with Crippen LogP contribution in [0.5, 0.6) is 0 Å². The fourth-order valence-electron chi connectivity index (χ4n) is 5.68. The van der Waals surface area contributed by atoms with E-state index in [0.717, 1.165) is 0 Å². The van der Waals surface area contributed by atoms with Crippen LogP contribution in [0.1, 0.15) is 87.1 Å². The fraction of sp³-hybridized carbons (Fsp3) is 0.442. The van der Waals surface area contributed by atoms with Gasteiger partial charge in [-0.25, -0.2) is 19.6 Å². The third kappa shape index (κ3) is 12.3. The summed E-state index contributed by atoms with van der Waals surface area (Å²) in [6.45, 7) is 11.0. The maximum absolute atomic E-state index is 13.3. The number of aliphatic hydroxyl groups excluding tert-OH is 2. The van der Waals surface area contributed by atoms with Gasteiger partial charge in [-0.1, -0.05) is 119 Å². The number of rotatable bonds is 7. The minimum absolute atomic E-state index is 0.00780. The largest absolute Gasteiger partial charge is 0.457 e. The summed E-state index contributed by atoms with van der Waals surface area (Å²) >= 11 is 0. The van der Waals surface area contributed by atoms with Crippen molar-refractivity contribution in [2.24, 2.45) is 10.8 Å². The lowest BCUT2D eigenvalue weighted by molar-refractivity contribution is -0.0461. The number of nitrogens with zero attached hydrogens (tertiary/aromatic N) is 2. The Morgan fingerprint density at radius 3 is 1.95 bits per heavy atom. The number of hydrogen-bond donors (Lipinski definition) is 2. The molecule has 2 aliphatic rings. The van der Waals surface area contributed by atoms with Gasteiger partial charge in [-0.2, -0.15) is 0 Å². The van der Waals surface area contributed by atoms with E-state index in [1.807, 2.05) is 96.2 Å². The van der Waals surface area contributed by atoms with Crippen molar-refractivity contribution in [1.29, 1.82) is 0 Å². The smallest absolute Gasteiger partial charge is 0.360 e. The average Bonchev–Trinajstić information content (AvgIpc) is 3.47. The summed E-state index contributed by atoms with van der Waals surface area (Å²) in [6, 6.07) is 0. The molecule has 0 aliphatic carbocycles. The number of cyclic esters (lactones) is 2. The van der Waals surface area contributed by atoms with Gasteiger partial charge in [0.1, 0.15) is 36.9 Å². The summed E-state index contributed by atoms with van der Waals surface area (Å²) in [5, 5.41) is 21.8. The van der Waals surface area contributed by atoms with Crippen molar-refractivity contribution in [3.63, 3.8) is 0 Å². The Morgan fingerprint density at radius 2 is 1.31 bits per heavy atom. The first-order valence-corrected chi connectivity index (χ1v) is 18.4. The minimum Gasteiger partial charge on any atom is -0.457 e. The molecule has 0 aromatic carbocycles. The van der Waals surface area contributed by atoms with Gasteiger partial charge in [0.2, 0.25) is 5.89 Å². The van der Waals surface area contributed by atoms with Crippen molar-refractivity contribution in [3.8, 4) is 0 Å². The lowest BCUT2D eigenvalue weighted by atomic mass is 9.79. The van der Waals surface area contributed by atoms with Gasteiger partial charge in [0.25, 0.3) is 0 Å². The van der Waals surface area contributed by atoms with Gasteiger partial charge in [0.15, 0.2) is 17.3 Å². The lowest BCUT2D eigenvalue weighted by Gasteiger charge is -2.36. The Morgan fingerprint density at radius 1 is 0.745 bits per heavy atom. The molecule has 0 radical (unpaired) electrons. The number of hydrogen-bond acceptors (Lipinski definition) is 12. The minimum atomic E-state index is -0.880. The standard InChI is InChI=1S/C43H54N2O10/c1-8-18-34(46)42(3,4)36-23-14-12-10-11-13-20-29(50-7)26-39-45-31(28-52-39)41(49)55-37(43(5,6)35(47)19-9-2)24-17-22-33-32(53-33)21-15-16-25-38-44-30(27-51-38)40(48)54-36/h8-22,25,27-29,32-37,46-47H,23-24,26H2,1-7H3/b11-10-,14-12-,18-8+,19-9+,20-13-,21-15-,22-17-,25-16-. The number of esters is 2. The van der Waals surface area contributed by atoms with E-state index in [1.54, 1.807) is 49.6 Å². The average molecular weight is 759 g/mol. The summed E-state index contributed by atoms with van der Waals surface area (Å²) in [5.74, 6) is -0.828. The lowest BCUT2D eigenvalue weighted by Crippen LogP contribution is -2.42. The van der Waals surface area contributed by atoms with Gasteiger partial charge >= 0.3 is 11.9 Å². The molecule has 0 saturated carbocycles. The first-order chi connectivity index (χ1) is 26.3. The molecule has 7 atom stereocenters. The molecule has 1 fully saturated rings. The van der Waals surface area contributed by atoms with E-state index < -0.39 is 53.3 Å². The summed E-state index contributed by atoms with van der Waals surface area (Å²) in [5.41, 5.74) is -1.66. The normalized spacial score (nSPS) is 28.3. The van der Waals surface area contributed by atoms with E-state index in [0.29, 0.717) is 18.7 Å². The first-order valence-electron chi connectivity index (χ1n) is 18.4. The number of fused-ring (bicyclic) bond motifs is 5. The number of oxazole rings is 2. The van der Waals surface area contributed by atoms with E-state index in [-0.39, 0.29) is 35.9 Å². The molecule has 7 unspecified atom stereocenters. The van der Waals surface area contributed by atoms with Gasteiger partial charge < -0.3 is 38.0 Å². The van der Waals surface area contributed by atoms with Crippen molar-refractivity contribution in [1.82, 2.24) is 9.97 Å². The Kier molecular flexibility index (Phi) is 15.7. The highest BCUT2D eigenvalue weighted by Crippen LogP contribution is 2.34. The van der Waals surface area contributed by atoms with Crippen LogP contribution in [0.4, 0.5) is 0 Å². The summed E-state index contributed by atoms with van der Waals surface area (Å²) in [7, 11) is 1.56. The van der Waals surface area contributed by atoms with Crippen LogP contribution < -0.4 is 0 Å². The zero-order valence-corrected chi connectivity index (χ0v) is 32.6. The number of aliphatic hydroxyl groups is 2. The zero-order chi connectivity index (χ0) is 40.0. The topological polar surface area (TPSA) is 167 Å². The highest BCUT2D eigenvalue weighted by atomic mass is 16.6. The van der Waals surface area contributed by atoms with Crippen LogP contribution in [0.25, 0.3) is 6.08 Å². The van der Waals surface area contributed by atoms with Gasteiger partial charge in [0, 0.05) is 36.9 Å². The van der Waals surface area contributed by atoms with Crippen molar-refractivity contribution in [2.75, 3.05) is 7.11 Å². The van der Waals surface area contributed by atoms with Crippen molar-refractivity contribution < 1.29 is 47.6 Å². The second-order valence-corrected chi connectivity index (χ2v) is 14.5. The van der Waals surface area contributed by atoms with Crippen LogP contribution in [0.3, 0.4) is 0 Å². The molecule has 0 spiro atoms. The molecule has 4 bridgehead atoms. The molecule has 12 nitrogen and oxygen atoms in total. The van der Waals surface area contributed by atoms with Crippen LogP contribution in [-0.2, 0) is 25.4 Å². The van der Waals surface area contributed by atoms with E-state index in [2.05, 4.69) is 9.97 Å². The van der Waals surface area contributed by atoms with Crippen LogP contribution in [0.2, 0.25) is 0 Å². The molecular weight excluding hydrogens is 704 g/mol. The molecule has 2 N–H and O–H groups in total. The van der Waals surface area contributed by atoms with Crippen molar-refractivity contribution >= 4 is 18.0 Å². The molecule has 4 rings (SSSR count). The predicted octanol–water partition coefficient (Wildman–Crippen LogP) is 7.25. The second kappa shape index (κ2) is 20.2. The van der Waals surface area contributed by atoms with Crippen molar-refractivity contribution in [3.05, 3.63) is 127 Å². The summed E-state index contributed by atoms with van der Waals surface area (Å²) in [4.78, 5) is 35.2. The fourth-order valence-corrected chi connectivity index (χ4v) is 5.68. The third-order valence-electron chi connectivity index (χ3n) is 9.64. The van der Waals surface area contributed by atoms with Crippen LogP contribution >= 0.6 is 0 Å². The highest BCUT2D eigenvalue weighted by Gasteiger charge is 2.40. The number of epoxide rings is 1. The maximum atomic E-state index is 13.3. The Labute approximate surface area is 323 Å². The maximum Gasteiger partial charge on any atom is 0.360 e. The van der Waals surface area contributed by atoms with Crippen molar-refractivity contribution in [2.45, 2.75) is 104 Å². The SMILES string of the molecule is C/C=C/C(O)C(C)(C)C1C\C=C/C=C\C=C/C(OC)Cc2nc(co2)C(=O)OC(C(C)(C)C(O)/C=C/C)C/C=C\C2OC2/C=C\C=C/c2nc(co2)C(=O)O1. The quantitative estimate of drug-likeness (QED) is 0.165. The Hall–Kier alpha value is -4.88. The number of aromatic nitrogens is 2. The number of methoxy groups -OCH3 is 1. The molecule has 296 valence electrons.